The van der Waals surface area contributed by atoms with Crippen molar-refractivity contribution in [2.24, 2.45) is 20.0 Å². The van der Waals surface area contributed by atoms with Crippen molar-refractivity contribution < 1.29 is 8.42 Å². The predicted molar refractivity (Wildman–Crippen MR) is 123 cm³/mol. The van der Waals surface area contributed by atoms with Crippen LogP contribution in [0.4, 0.5) is 0 Å². The standard InChI is InChI=1S/C20H28Cl2N4O4S/c1-13(2)17(23(3)4)11-26(10-14-7-8-15(21)16(22)9-14)31(29,30)18-12-24(5)20(28)25(6)19(18)27/h7-9,12-13,17H,10-11H2,1-6H3/t17-/m1/s1. The highest BCUT2D eigenvalue weighted by molar-refractivity contribution is 7.89. The highest BCUT2D eigenvalue weighted by Crippen LogP contribution is 2.25. The van der Waals surface area contributed by atoms with Gasteiger partial charge >= 0.3 is 5.69 Å². The second kappa shape index (κ2) is 9.87. The first kappa shape index (κ1) is 25.6. The van der Waals surface area contributed by atoms with E-state index in [4.69, 9.17) is 23.2 Å². The molecule has 0 spiro atoms. The number of hydrogen-bond donors (Lipinski definition) is 0. The van der Waals surface area contributed by atoms with Gasteiger partial charge in [-0.2, -0.15) is 4.31 Å². The molecular formula is C20H28Cl2N4O4S. The summed E-state index contributed by atoms with van der Waals surface area (Å²) in [5.41, 5.74) is -0.845. The van der Waals surface area contributed by atoms with Crippen LogP contribution in [0, 0.1) is 5.92 Å². The van der Waals surface area contributed by atoms with Gasteiger partial charge in [0.2, 0.25) is 10.0 Å². The average molecular weight is 491 g/mol. The van der Waals surface area contributed by atoms with Crippen molar-refractivity contribution in [3.63, 3.8) is 0 Å². The Kier molecular flexibility index (Phi) is 8.15. The van der Waals surface area contributed by atoms with E-state index in [1.165, 1.54) is 18.4 Å². The van der Waals surface area contributed by atoms with Crippen LogP contribution in [0.15, 0.2) is 38.9 Å². The molecule has 11 heteroatoms. The summed E-state index contributed by atoms with van der Waals surface area (Å²) in [4.78, 5) is 26.2. The normalized spacial score (nSPS) is 13.4. The van der Waals surface area contributed by atoms with Crippen LogP contribution < -0.4 is 11.2 Å². The fourth-order valence-corrected chi connectivity index (χ4v) is 5.28. The van der Waals surface area contributed by atoms with Crippen LogP contribution in [0.3, 0.4) is 0 Å². The minimum Gasteiger partial charge on any atom is -0.305 e. The molecule has 0 aliphatic heterocycles. The number of nitrogens with zero attached hydrogens (tertiary/aromatic N) is 4. The maximum absolute atomic E-state index is 13.6. The average Bonchev–Trinajstić information content (AvgIpc) is 2.67. The zero-order valence-corrected chi connectivity index (χ0v) is 20.8. The van der Waals surface area contributed by atoms with Crippen molar-refractivity contribution in [2.75, 3.05) is 20.6 Å². The molecule has 0 amide bonds. The molecule has 31 heavy (non-hydrogen) atoms. The summed E-state index contributed by atoms with van der Waals surface area (Å²) in [6.45, 7) is 4.13. The molecule has 1 aromatic carbocycles. The van der Waals surface area contributed by atoms with Gasteiger partial charge in [-0.1, -0.05) is 43.1 Å². The molecule has 0 radical (unpaired) electrons. The maximum atomic E-state index is 13.6. The quantitative estimate of drug-likeness (QED) is 0.565. The maximum Gasteiger partial charge on any atom is 0.330 e. The third-order valence-corrected chi connectivity index (χ3v) is 7.73. The van der Waals surface area contributed by atoms with Gasteiger partial charge in [-0.3, -0.25) is 9.36 Å². The molecule has 0 saturated heterocycles. The minimum atomic E-state index is -4.24. The Morgan fingerprint density at radius 1 is 1.06 bits per heavy atom. The SMILES string of the molecule is CC(C)[C@@H](CN(Cc1ccc(Cl)c(Cl)c1)S(=O)(=O)c1cn(C)c(=O)n(C)c1=O)N(C)C. The Hall–Kier alpha value is -1.65. The summed E-state index contributed by atoms with van der Waals surface area (Å²) >= 11 is 12.1. The van der Waals surface area contributed by atoms with Gasteiger partial charge in [0.1, 0.15) is 0 Å². The third kappa shape index (κ3) is 5.59. The number of aromatic nitrogens is 2. The van der Waals surface area contributed by atoms with Gasteiger partial charge < -0.3 is 9.47 Å². The van der Waals surface area contributed by atoms with E-state index in [0.717, 1.165) is 15.3 Å². The molecule has 8 nitrogen and oxygen atoms in total. The third-order valence-electron chi connectivity index (χ3n) is 5.20. The van der Waals surface area contributed by atoms with Crippen LogP contribution in [-0.4, -0.2) is 53.4 Å². The Labute approximate surface area is 192 Å². The van der Waals surface area contributed by atoms with Crippen molar-refractivity contribution in [3.05, 3.63) is 60.8 Å². The first-order valence-corrected chi connectivity index (χ1v) is 11.8. The molecule has 1 heterocycles. The molecule has 0 aliphatic rings. The van der Waals surface area contributed by atoms with Crippen LogP contribution in [0.5, 0.6) is 0 Å². The van der Waals surface area contributed by atoms with Crippen LogP contribution >= 0.6 is 23.2 Å². The number of rotatable bonds is 8. The van der Waals surface area contributed by atoms with Crippen molar-refractivity contribution in [3.8, 4) is 0 Å². The van der Waals surface area contributed by atoms with Crippen LogP contribution in [0.2, 0.25) is 10.0 Å². The Bertz CT molecular complexity index is 1160. The van der Waals surface area contributed by atoms with Crippen molar-refractivity contribution in [1.82, 2.24) is 18.3 Å². The molecule has 0 unspecified atom stereocenters. The van der Waals surface area contributed by atoms with E-state index in [2.05, 4.69) is 0 Å². The van der Waals surface area contributed by atoms with Crippen molar-refractivity contribution >= 4 is 33.2 Å². The molecule has 0 bridgehead atoms. The Morgan fingerprint density at radius 3 is 2.19 bits per heavy atom. The van der Waals surface area contributed by atoms with Crippen molar-refractivity contribution in [1.29, 1.82) is 0 Å². The fourth-order valence-electron chi connectivity index (χ4n) is 3.36. The predicted octanol–water partition coefficient (Wildman–Crippen LogP) is 2.17. The van der Waals surface area contributed by atoms with E-state index in [9.17, 15) is 18.0 Å². The minimum absolute atomic E-state index is 0.0116. The second-order valence-electron chi connectivity index (χ2n) is 8.07. The molecule has 0 N–H and O–H groups in total. The summed E-state index contributed by atoms with van der Waals surface area (Å²) in [6.07, 6.45) is 1.07. The smallest absolute Gasteiger partial charge is 0.305 e. The number of aryl methyl sites for hydroxylation is 1. The molecule has 0 aliphatic carbocycles. The Balaban J connectivity index is 2.64. The fraction of sp³-hybridized carbons (Fsp3) is 0.500. The van der Waals surface area contributed by atoms with Crippen LogP contribution in [0.25, 0.3) is 0 Å². The summed E-state index contributed by atoms with van der Waals surface area (Å²) in [5.74, 6) is 0.143. The molecule has 0 saturated carbocycles. The zero-order valence-electron chi connectivity index (χ0n) is 18.5. The second-order valence-corrected chi connectivity index (χ2v) is 10.8. The van der Waals surface area contributed by atoms with Gasteiger partial charge in [-0.25, -0.2) is 13.2 Å². The van der Waals surface area contributed by atoms with E-state index < -0.39 is 26.2 Å². The number of halogens is 2. The van der Waals surface area contributed by atoms with E-state index in [1.807, 2.05) is 32.8 Å². The summed E-state index contributed by atoms with van der Waals surface area (Å²) in [5, 5.41) is 0.669. The lowest BCUT2D eigenvalue weighted by Gasteiger charge is -2.33. The van der Waals surface area contributed by atoms with E-state index in [1.54, 1.807) is 18.2 Å². The van der Waals surface area contributed by atoms with Gasteiger partial charge in [0.25, 0.3) is 5.56 Å². The monoisotopic (exact) mass is 490 g/mol. The number of benzene rings is 1. The van der Waals surface area contributed by atoms with E-state index in [-0.39, 0.29) is 25.0 Å². The topological polar surface area (TPSA) is 84.6 Å². The molecule has 1 atom stereocenters. The van der Waals surface area contributed by atoms with Gasteiger partial charge in [-0.15, -0.1) is 0 Å². The summed E-state index contributed by atoms with van der Waals surface area (Å²) in [7, 11) is 2.17. The van der Waals surface area contributed by atoms with Gasteiger partial charge in [0.05, 0.1) is 10.0 Å². The lowest BCUT2D eigenvalue weighted by molar-refractivity contribution is 0.190. The van der Waals surface area contributed by atoms with Crippen molar-refractivity contribution in [2.45, 2.75) is 31.3 Å². The largest absolute Gasteiger partial charge is 0.330 e. The molecule has 0 fully saturated rings. The Morgan fingerprint density at radius 2 is 1.68 bits per heavy atom. The number of hydrogen-bond acceptors (Lipinski definition) is 5. The molecule has 2 rings (SSSR count). The first-order valence-electron chi connectivity index (χ1n) is 9.64. The lowest BCUT2D eigenvalue weighted by atomic mass is 10.0. The lowest BCUT2D eigenvalue weighted by Crippen LogP contribution is -2.47. The highest BCUT2D eigenvalue weighted by Gasteiger charge is 2.32. The number of sulfonamides is 1. The van der Waals surface area contributed by atoms with Gasteiger partial charge in [-0.05, 0) is 37.7 Å². The van der Waals surface area contributed by atoms with Crippen LogP contribution in [-0.2, 0) is 30.7 Å². The van der Waals surface area contributed by atoms with Gasteiger partial charge in [0, 0.05) is 39.4 Å². The summed E-state index contributed by atoms with van der Waals surface area (Å²) in [6, 6.07) is 4.77. The van der Waals surface area contributed by atoms with Gasteiger partial charge in [0.15, 0.2) is 4.90 Å². The molecular weight excluding hydrogens is 463 g/mol. The summed E-state index contributed by atoms with van der Waals surface area (Å²) < 4.78 is 30.4. The van der Waals surface area contributed by atoms with E-state index >= 15 is 0 Å². The van der Waals surface area contributed by atoms with E-state index in [0.29, 0.717) is 15.6 Å². The molecule has 1 aromatic heterocycles. The molecule has 2 aromatic rings. The zero-order chi connectivity index (χ0) is 23.7. The van der Waals surface area contributed by atoms with Crippen LogP contribution in [0.1, 0.15) is 19.4 Å². The molecule has 172 valence electrons. The number of likely N-dealkylation sites (N-methyl/N-ethyl adjacent to an activating group) is 1. The first-order chi connectivity index (χ1) is 14.3. The highest BCUT2D eigenvalue weighted by atomic mass is 35.5.